The van der Waals surface area contributed by atoms with Crippen molar-refractivity contribution in [1.29, 1.82) is 0 Å². The van der Waals surface area contributed by atoms with E-state index in [2.05, 4.69) is 42.1 Å². The second kappa shape index (κ2) is 7.46. The van der Waals surface area contributed by atoms with E-state index in [0.29, 0.717) is 6.54 Å². The van der Waals surface area contributed by atoms with Gasteiger partial charge in [-0.15, -0.1) is 0 Å². The largest absolute Gasteiger partial charge is 0.390 e. The van der Waals surface area contributed by atoms with Gasteiger partial charge in [-0.3, -0.25) is 9.80 Å². The molecular weight excluding hydrogens is 356 g/mol. The molecule has 0 unspecified atom stereocenters. The molecule has 2 aliphatic heterocycles. The molecule has 0 amide bonds. The number of aromatic nitrogens is 3. The van der Waals surface area contributed by atoms with Crippen LogP contribution in [0.15, 0.2) is 47.2 Å². The number of piperazine rings is 1. The van der Waals surface area contributed by atoms with Crippen molar-refractivity contribution in [2.75, 3.05) is 44.2 Å². The number of hydrogen-bond donors (Lipinski definition) is 1. The van der Waals surface area contributed by atoms with Gasteiger partial charge in [0.15, 0.2) is 0 Å². The third kappa shape index (κ3) is 3.46. The molecule has 1 N–H and O–H groups in total. The summed E-state index contributed by atoms with van der Waals surface area (Å²) in [6.07, 6.45) is 1.52. The van der Waals surface area contributed by atoms with Crippen LogP contribution in [0.5, 0.6) is 0 Å². The number of pyridine rings is 1. The highest BCUT2D eigenvalue weighted by Crippen LogP contribution is 2.22. The van der Waals surface area contributed by atoms with Gasteiger partial charge in [0.2, 0.25) is 0 Å². The van der Waals surface area contributed by atoms with Gasteiger partial charge in [-0.05, 0) is 40.1 Å². The molecular formula is C20H24N6O2. The lowest BCUT2D eigenvalue weighted by Crippen LogP contribution is -2.53. The summed E-state index contributed by atoms with van der Waals surface area (Å²) < 4.78 is 4.78. The zero-order valence-electron chi connectivity index (χ0n) is 15.7. The summed E-state index contributed by atoms with van der Waals surface area (Å²) in [7, 11) is 0. The molecule has 0 aliphatic carbocycles. The Bertz CT molecular complexity index is 925. The van der Waals surface area contributed by atoms with Crippen molar-refractivity contribution in [3.63, 3.8) is 0 Å². The van der Waals surface area contributed by atoms with E-state index < -0.39 is 0 Å². The first kappa shape index (κ1) is 17.5. The van der Waals surface area contributed by atoms with Crippen LogP contribution in [0, 0.1) is 0 Å². The van der Waals surface area contributed by atoms with Gasteiger partial charge in [0.25, 0.3) is 0 Å². The Morgan fingerprint density at radius 1 is 1.00 bits per heavy atom. The van der Waals surface area contributed by atoms with Crippen LogP contribution >= 0.6 is 0 Å². The van der Waals surface area contributed by atoms with E-state index in [1.54, 1.807) is 0 Å². The Kier molecular flexibility index (Phi) is 4.67. The average Bonchev–Trinajstić information content (AvgIpc) is 3.35. The lowest BCUT2D eigenvalue weighted by atomic mass is 10.1. The van der Waals surface area contributed by atoms with Gasteiger partial charge in [-0.25, -0.2) is 9.61 Å². The number of anilines is 1. The summed E-state index contributed by atoms with van der Waals surface area (Å²) in [5.41, 5.74) is 2.71. The Hall–Kier alpha value is -2.55. The van der Waals surface area contributed by atoms with Crippen molar-refractivity contribution in [2.45, 2.75) is 18.7 Å². The van der Waals surface area contributed by atoms with Crippen LogP contribution in [0.4, 0.5) is 5.82 Å². The first-order valence-electron chi connectivity index (χ1n) is 9.78. The zero-order chi connectivity index (χ0) is 18.9. The molecule has 2 aliphatic rings. The molecule has 8 nitrogen and oxygen atoms in total. The first-order valence-corrected chi connectivity index (χ1v) is 9.78. The second-order valence-electron chi connectivity index (χ2n) is 7.63. The number of β-amino-alcohol motifs (C(OH)–C–C–N with tert-alkyl or cyclic N) is 1. The van der Waals surface area contributed by atoms with Gasteiger partial charge < -0.3 is 10.0 Å². The minimum atomic E-state index is -0.321. The molecule has 1 aromatic carbocycles. The summed E-state index contributed by atoms with van der Waals surface area (Å²) in [5.74, 6) is 1.04. The normalized spacial score (nSPS) is 24.2. The van der Waals surface area contributed by atoms with Crippen molar-refractivity contribution in [3.05, 3.63) is 48.2 Å². The maximum Gasteiger partial charge on any atom is 0.135 e. The van der Waals surface area contributed by atoms with Crippen LogP contribution in [0.1, 0.15) is 5.56 Å². The predicted octanol–water partition coefficient (Wildman–Crippen LogP) is 0.985. The van der Waals surface area contributed by atoms with Crippen LogP contribution < -0.4 is 4.90 Å². The number of benzene rings is 1. The highest BCUT2D eigenvalue weighted by Gasteiger charge is 2.36. The van der Waals surface area contributed by atoms with Crippen LogP contribution in [0.25, 0.3) is 11.0 Å². The third-order valence-electron chi connectivity index (χ3n) is 5.82. The molecule has 146 valence electrons. The van der Waals surface area contributed by atoms with Crippen molar-refractivity contribution < 1.29 is 9.74 Å². The molecule has 0 spiro atoms. The number of rotatable bonds is 4. The Morgan fingerprint density at radius 3 is 2.68 bits per heavy atom. The standard InChI is InChI=1S/C20H24N6O2/c27-19-14-24(12-15-4-5-16-17(11-15)23-28-22-16)13-18(19)25-7-9-26(10-8-25)20-3-1-2-6-21-20/h1-6,11,18-19,27H,7-10,12-14H2/t18-,19-/m0/s1. The van der Waals surface area contributed by atoms with Crippen molar-refractivity contribution >= 4 is 16.9 Å². The van der Waals surface area contributed by atoms with Crippen LogP contribution in [-0.4, -0.2) is 81.6 Å². The average molecular weight is 380 g/mol. The summed E-state index contributed by atoms with van der Waals surface area (Å²) >= 11 is 0. The number of nitrogens with zero attached hydrogens (tertiary/aromatic N) is 6. The number of aliphatic hydroxyl groups is 1. The van der Waals surface area contributed by atoms with Gasteiger partial charge in [-0.1, -0.05) is 12.1 Å². The lowest BCUT2D eigenvalue weighted by molar-refractivity contribution is 0.0790. The van der Waals surface area contributed by atoms with E-state index in [0.717, 1.165) is 61.7 Å². The summed E-state index contributed by atoms with van der Waals surface area (Å²) in [6, 6.07) is 12.2. The molecule has 0 radical (unpaired) electrons. The third-order valence-corrected chi connectivity index (χ3v) is 5.82. The van der Waals surface area contributed by atoms with Gasteiger partial charge in [0, 0.05) is 58.1 Å². The SMILES string of the molecule is O[C@H]1CN(Cc2ccc3nonc3c2)C[C@@H]1N1CCN(c2ccccn2)CC1. The number of hydrogen-bond acceptors (Lipinski definition) is 8. The Morgan fingerprint density at radius 2 is 1.86 bits per heavy atom. The minimum absolute atomic E-state index is 0.184. The van der Waals surface area contributed by atoms with E-state index in [1.165, 1.54) is 0 Å². The molecule has 2 atom stereocenters. The van der Waals surface area contributed by atoms with Gasteiger partial charge in [0.1, 0.15) is 16.9 Å². The van der Waals surface area contributed by atoms with Crippen molar-refractivity contribution in [1.82, 2.24) is 25.1 Å². The van der Waals surface area contributed by atoms with Crippen molar-refractivity contribution in [3.8, 4) is 0 Å². The molecule has 0 saturated carbocycles. The summed E-state index contributed by atoms with van der Waals surface area (Å²) in [5, 5.41) is 18.4. The molecule has 2 fully saturated rings. The highest BCUT2D eigenvalue weighted by molar-refractivity contribution is 5.73. The lowest BCUT2D eigenvalue weighted by Gasteiger charge is -2.39. The minimum Gasteiger partial charge on any atom is -0.390 e. The molecule has 2 aromatic heterocycles. The summed E-state index contributed by atoms with van der Waals surface area (Å²) in [4.78, 5) is 11.5. The number of likely N-dealkylation sites (tertiary alicyclic amines) is 1. The quantitative estimate of drug-likeness (QED) is 0.718. The fourth-order valence-corrected chi connectivity index (χ4v) is 4.34. The van der Waals surface area contributed by atoms with Crippen LogP contribution in [0.2, 0.25) is 0 Å². The molecule has 4 heterocycles. The van der Waals surface area contributed by atoms with Gasteiger partial charge >= 0.3 is 0 Å². The molecule has 8 heteroatoms. The Labute approximate surface area is 163 Å². The maximum absolute atomic E-state index is 10.7. The second-order valence-corrected chi connectivity index (χ2v) is 7.63. The smallest absolute Gasteiger partial charge is 0.135 e. The van der Waals surface area contributed by atoms with Gasteiger partial charge in [0.05, 0.1) is 6.10 Å². The van der Waals surface area contributed by atoms with E-state index in [1.807, 2.05) is 30.5 Å². The van der Waals surface area contributed by atoms with E-state index in [-0.39, 0.29) is 12.1 Å². The fourth-order valence-electron chi connectivity index (χ4n) is 4.34. The fraction of sp³-hybridized carbons (Fsp3) is 0.450. The van der Waals surface area contributed by atoms with Gasteiger partial charge in [-0.2, -0.15) is 0 Å². The van der Waals surface area contributed by atoms with E-state index in [9.17, 15) is 5.11 Å². The Balaban J connectivity index is 1.19. The van der Waals surface area contributed by atoms with Crippen LogP contribution in [-0.2, 0) is 6.54 Å². The molecule has 0 bridgehead atoms. The molecule has 28 heavy (non-hydrogen) atoms. The molecule has 5 rings (SSSR count). The molecule has 3 aromatic rings. The zero-order valence-corrected chi connectivity index (χ0v) is 15.7. The number of fused-ring (bicyclic) bond motifs is 1. The number of aliphatic hydroxyl groups excluding tert-OH is 1. The summed E-state index contributed by atoms with van der Waals surface area (Å²) in [6.45, 7) is 6.14. The monoisotopic (exact) mass is 380 g/mol. The topological polar surface area (TPSA) is 81.8 Å². The first-order chi connectivity index (χ1) is 13.8. The van der Waals surface area contributed by atoms with E-state index in [4.69, 9.17) is 4.63 Å². The molecule has 2 saturated heterocycles. The van der Waals surface area contributed by atoms with Crippen molar-refractivity contribution in [2.24, 2.45) is 0 Å². The maximum atomic E-state index is 10.7. The van der Waals surface area contributed by atoms with Crippen LogP contribution in [0.3, 0.4) is 0 Å². The van der Waals surface area contributed by atoms with E-state index >= 15 is 0 Å². The highest BCUT2D eigenvalue weighted by atomic mass is 16.6. The predicted molar refractivity (Wildman–Crippen MR) is 105 cm³/mol.